The van der Waals surface area contributed by atoms with Crippen LogP contribution in [0.15, 0.2) is 95.4 Å². The van der Waals surface area contributed by atoms with Gasteiger partial charge >= 0.3 is 0 Å². The Morgan fingerprint density at radius 3 is 1.82 bits per heavy atom. The van der Waals surface area contributed by atoms with E-state index in [-0.39, 0.29) is 38.7 Å². The van der Waals surface area contributed by atoms with Crippen LogP contribution in [0.4, 0.5) is 0 Å². The van der Waals surface area contributed by atoms with Gasteiger partial charge in [0, 0.05) is 27.5 Å². The van der Waals surface area contributed by atoms with Crippen LogP contribution in [0.5, 0.6) is 0 Å². The van der Waals surface area contributed by atoms with Gasteiger partial charge in [0.25, 0.3) is 0 Å². The molecule has 0 bridgehead atoms. The molecule has 8 aromatic rings. The molecule has 0 aliphatic carbocycles. The zero-order chi connectivity index (χ0) is 34.1. The Labute approximate surface area is 293 Å². The minimum atomic E-state index is 0.0927. The van der Waals surface area contributed by atoms with Crippen molar-refractivity contribution in [3.63, 3.8) is 0 Å². The van der Waals surface area contributed by atoms with E-state index in [0.717, 1.165) is 38.2 Å². The van der Waals surface area contributed by atoms with E-state index in [1.165, 1.54) is 0 Å². The highest BCUT2D eigenvalue weighted by atomic mass is 16.3. The zero-order valence-corrected chi connectivity index (χ0v) is 26.0. The van der Waals surface area contributed by atoms with E-state index in [1.807, 2.05) is 78.9 Å². The molecule has 4 nitrogen and oxygen atoms in total. The first kappa shape index (κ1) is 31.2. The molecule has 0 saturated heterocycles. The summed E-state index contributed by atoms with van der Waals surface area (Å²) in [5.74, 6) is 0.914. The van der Waals surface area contributed by atoms with E-state index in [1.54, 1.807) is 12.1 Å². The molecule has 16 radical (unpaired) electrons. The van der Waals surface area contributed by atoms with Crippen molar-refractivity contribution in [3.05, 3.63) is 91.0 Å². The predicted octanol–water partition coefficient (Wildman–Crippen LogP) is -0.0574. The first-order valence-electron chi connectivity index (χ1n) is 15.3. The summed E-state index contributed by atoms with van der Waals surface area (Å²) in [6.07, 6.45) is 0. The van der Waals surface area contributed by atoms with Crippen LogP contribution >= 0.6 is 0 Å². The molecule has 0 fully saturated rings. The second kappa shape index (κ2) is 11.8. The predicted molar refractivity (Wildman–Crippen MR) is 209 cm³/mol. The maximum Gasteiger partial charge on any atom is 0.164 e. The van der Waals surface area contributed by atoms with Gasteiger partial charge in [-0.25, -0.2) is 15.0 Å². The minimum Gasteiger partial charge on any atom is -0.457 e. The molecule has 6 aromatic carbocycles. The third kappa shape index (κ3) is 5.17. The second-order valence-corrected chi connectivity index (χ2v) is 11.9. The number of hydrogen-bond acceptors (Lipinski definition) is 4. The van der Waals surface area contributed by atoms with Crippen LogP contribution in [0.25, 0.3) is 78.0 Å². The van der Waals surface area contributed by atoms with Crippen LogP contribution in [-0.2, 0) is 0 Å². The topological polar surface area (TPSA) is 51.8 Å². The summed E-state index contributed by atoms with van der Waals surface area (Å²) in [6, 6.07) is 28.8. The van der Waals surface area contributed by atoms with Gasteiger partial charge in [-0.2, -0.15) is 0 Å². The van der Waals surface area contributed by atoms with Crippen LogP contribution in [0.2, 0.25) is 0 Å². The fraction of sp³-hybridized carbons (Fsp3) is 0. The SMILES string of the molecule is [B]c1cc([B])c2oc3ccc([B])c(-c4cccc(-c5nc(-c6ccc7ccccc7c6)nc(-c6c([B])c([B])c([B])c([B])c6[B])n5)c4)c3c2c1. The molecule has 0 saturated carbocycles. The van der Waals surface area contributed by atoms with Crippen LogP contribution in [0.1, 0.15) is 0 Å². The van der Waals surface area contributed by atoms with E-state index in [0.29, 0.717) is 44.8 Å². The highest BCUT2D eigenvalue weighted by Crippen LogP contribution is 2.36. The molecule has 0 aliphatic heterocycles. The van der Waals surface area contributed by atoms with Crippen molar-refractivity contribution in [1.29, 1.82) is 0 Å². The van der Waals surface area contributed by atoms with Gasteiger partial charge in [-0.15, -0.1) is 16.4 Å². The van der Waals surface area contributed by atoms with Crippen molar-refractivity contribution >= 4 is 139 Å². The number of aromatic nitrogens is 3. The average Bonchev–Trinajstić information content (AvgIpc) is 3.48. The summed E-state index contributed by atoms with van der Waals surface area (Å²) < 4.78 is 6.16. The second-order valence-electron chi connectivity index (χ2n) is 11.9. The molecule has 208 valence electrons. The molecule has 12 heteroatoms. The van der Waals surface area contributed by atoms with E-state index < -0.39 is 0 Å². The van der Waals surface area contributed by atoms with Gasteiger partial charge in [0.15, 0.2) is 17.5 Å². The quantitative estimate of drug-likeness (QED) is 0.265. The number of hydrogen-bond donors (Lipinski definition) is 0. The molecule has 0 aliphatic rings. The fourth-order valence-corrected chi connectivity index (χ4v) is 6.33. The number of furan rings is 1. The van der Waals surface area contributed by atoms with Crippen molar-refractivity contribution in [1.82, 2.24) is 15.0 Å². The molecule has 49 heavy (non-hydrogen) atoms. The van der Waals surface area contributed by atoms with Crippen LogP contribution in [-0.4, -0.2) is 77.7 Å². The molecule has 0 unspecified atom stereocenters. The van der Waals surface area contributed by atoms with Gasteiger partial charge in [-0.05, 0) is 40.1 Å². The lowest BCUT2D eigenvalue weighted by Crippen LogP contribution is -2.55. The Bertz CT molecular complexity index is 2640. The van der Waals surface area contributed by atoms with Crippen molar-refractivity contribution in [2.24, 2.45) is 0 Å². The van der Waals surface area contributed by atoms with Crippen molar-refractivity contribution in [3.8, 4) is 45.3 Å². The molecule has 2 aromatic heterocycles. The van der Waals surface area contributed by atoms with Gasteiger partial charge in [-0.3, -0.25) is 0 Å². The maximum absolute atomic E-state index is 6.65. The normalized spacial score (nSPS) is 11.5. The van der Waals surface area contributed by atoms with E-state index in [2.05, 4.69) is 0 Å². The van der Waals surface area contributed by atoms with E-state index in [4.69, 9.17) is 82.1 Å². The lowest BCUT2D eigenvalue weighted by Gasteiger charge is -2.20. The summed E-state index contributed by atoms with van der Waals surface area (Å²) >= 11 is 0. The smallest absolute Gasteiger partial charge is 0.164 e. The zero-order valence-electron chi connectivity index (χ0n) is 26.0. The lowest BCUT2D eigenvalue weighted by atomic mass is 9.60. The molecule has 8 rings (SSSR count). The monoisotopic (exact) mass is 605 g/mol. The minimum absolute atomic E-state index is 0.0927. The maximum atomic E-state index is 6.65. The Morgan fingerprint density at radius 1 is 0.449 bits per heavy atom. The largest absolute Gasteiger partial charge is 0.457 e. The molecule has 2 heterocycles. The Kier molecular flexibility index (Phi) is 7.51. The first-order chi connectivity index (χ1) is 23.6. The molecule has 0 N–H and O–H groups in total. The Balaban J connectivity index is 1.37. The summed E-state index contributed by atoms with van der Waals surface area (Å²) in [7, 11) is 50.7. The molecule has 0 atom stereocenters. The number of fused-ring (bicyclic) bond motifs is 4. The molecular formula is C37H15B8N3O. The Hall–Kier alpha value is -5.09. The van der Waals surface area contributed by atoms with E-state index in [9.17, 15) is 0 Å². The van der Waals surface area contributed by atoms with E-state index >= 15 is 0 Å². The van der Waals surface area contributed by atoms with Crippen molar-refractivity contribution in [2.75, 3.05) is 0 Å². The first-order valence-corrected chi connectivity index (χ1v) is 15.3. The molecule has 0 spiro atoms. The highest BCUT2D eigenvalue weighted by molar-refractivity contribution is 6.68. The van der Waals surface area contributed by atoms with Gasteiger partial charge in [0.1, 0.15) is 73.9 Å². The van der Waals surface area contributed by atoms with Crippen molar-refractivity contribution < 1.29 is 4.42 Å². The van der Waals surface area contributed by atoms with Gasteiger partial charge in [0.05, 0.1) is 0 Å². The van der Waals surface area contributed by atoms with Crippen LogP contribution in [0.3, 0.4) is 0 Å². The fourth-order valence-electron chi connectivity index (χ4n) is 6.33. The Morgan fingerprint density at radius 2 is 1.08 bits per heavy atom. The molecule has 0 amide bonds. The third-order valence-electron chi connectivity index (χ3n) is 8.80. The third-order valence-corrected chi connectivity index (χ3v) is 8.80. The van der Waals surface area contributed by atoms with Crippen LogP contribution < -0.4 is 43.7 Å². The summed E-state index contributed by atoms with van der Waals surface area (Å²) in [5.41, 5.74) is 6.37. The average molecular weight is 604 g/mol. The summed E-state index contributed by atoms with van der Waals surface area (Å²) in [6.45, 7) is 0. The number of rotatable bonds is 4. The highest BCUT2D eigenvalue weighted by Gasteiger charge is 2.20. The van der Waals surface area contributed by atoms with Gasteiger partial charge < -0.3 is 4.42 Å². The van der Waals surface area contributed by atoms with Crippen molar-refractivity contribution in [2.45, 2.75) is 0 Å². The standard InChI is InChI=1S/C37H15B8N3O/c38-21-14-22-27-25(49-34(22)24(40)15-21)11-10-23(39)26(27)18-6-3-7-19(13-18)35-46-36(20-9-8-16-4-1-2-5-17(16)12-20)48-37(47-35)28-29(41)31(43)33(45)32(44)30(28)42/h1-15H. The molecular weight excluding hydrogens is 589 g/mol. The van der Waals surface area contributed by atoms with Gasteiger partial charge in [-0.1, -0.05) is 100 Å². The van der Waals surface area contributed by atoms with Crippen LogP contribution in [0, 0.1) is 0 Å². The lowest BCUT2D eigenvalue weighted by molar-refractivity contribution is 0.672. The number of nitrogens with zero attached hydrogens (tertiary/aromatic N) is 3. The summed E-state index contributed by atoms with van der Waals surface area (Å²) in [4.78, 5) is 14.6. The summed E-state index contributed by atoms with van der Waals surface area (Å²) in [5, 5.41) is 3.63. The number of benzene rings is 6. The van der Waals surface area contributed by atoms with Gasteiger partial charge in [0.2, 0.25) is 0 Å².